The molecular formula is C13H8ClF3N2O2. The molecule has 0 aliphatic heterocycles. The number of nitrogen functional groups attached to an aromatic ring is 1. The van der Waals surface area contributed by atoms with E-state index in [1.807, 2.05) is 0 Å². The summed E-state index contributed by atoms with van der Waals surface area (Å²) >= 11 is 5.59. The van der Waals surface area contributed by atoms with Crippen LogP contribution in [-0.2, 0) is 6.18 Å². The molecule has 0 saturated heterocycles. The second-order valence-corrected chi connectivity index (χ2v) is 4.65. The predicted molar refractivity (Wildman–Crippen MR) is 73.0 cm³/mol. The first kappa shape index (κ1) is 15.1. The number of rotatable bonds is 2. The summed E-state index contributed by atoms with van der Waals surface area (Å²) in [5.41, 5.74) is 3.74. The minimum atomic E-state index is -4.63. The molecule has 4 nitrogen and oxygen atoms in total. The predicted octanol–water partition coefficient (Wildman–Crippen LogP) is 4.52. The fraction of sp³-hybridized carbons (Fsp3) is 0.0769. The van der Waals surface area contributed by atoms with Gasteiger partial charge in [0, 0.05) is 11.1 Å². The summed E-state index contributed by atoms with van der Waals surface area (Å²) in [5, 5.41) is 10.8. The number of hydrogen-bond acceptors (Lipinski definition) is 3. The third-order valence-corrected chi connectivity index (χ3v) is 3.06. The van der Waals surface area contributed by atoms with Gasteiger partial charge >= 0.3 is 6.18 Å². The number of benzene rings is 2. The molecule has 110 valence electrons. The second kappa shape index (κ2) is 5.25. The van der Waals surface area contributed by atoms with Crippen LogP contribution in [0.1, 0.15) is 5.56 Å². The van der Waals surface area contributed by atoms with Gasteiger partial charge in [0.25, 0.3) is 5.69 Å². The first-order chi connectivity index (χ1) is 9.70. The van der Waals surface area contributed by atoms with E-state index in [2.05, 4.69) is 0 Å². The normalized spacial score (nSPS) is 11.4. The van der Waals surface area contributed by atoms with Crippen LogP contribution < -0.4 is 5.73 Å². The van der Waals surface area contributed by atoms with Crippen LogP contribution >= 0.6 is 11.6 Å². The summed E-state index contributed by atoms with van der Waals surface area (Å²) in [6.45, 7) is 0. The van der Waals surface area contributed by atoms with Gasteiger partial charge in [0.2, 0.25) is 0 Å². The van der Waals surface area contributed by atoms with Crippen molar-refractivity contribution in [2.75, 3.05) is 5.73 Å². The van der Waals surface area contributed by atoms with Gasteiger partial charge in [0.15, 0.2) is 0 Å². The molecule has 0 bridgehead atoms. The molecule has 0 aliphatic rings. The molecule has 21 heavy (non-hydrogen) atoms. The van der Waals surface area contributed by atoms with Crippen LogP contribution in [0.3, 0.4) is 0 Å². The Hall–Kier alpha value is -2.28. The van der Waals surface area contributed by atoms with E-state index in [4.69, 9.17) is 17.3 Å². The molecule has 8 heteroatoms. The van der Waals surface area contributed by atoms with Gasteiger partial charge in [-0.15, -0.1) is 0 Å². The molecule has 0 aliphatic carbocycles. The molecule has 0 unspecified atom stereocenters. The highest BCUT2D eigenvalue weighted by atomic mass is 35.5. The van der Waals surface area contributed by atoms with E-state index in [1.165, 1.54) is 24.3 Å². The largest absolute Gasteiger partial charge is 0.417 e. The number of nitrogens with two attached hydrogens (primary N) is 1. The smallest absolute Gasteiger partial charge is 0.393 e. The minimum absolute atomic E-state index is 0.0416. The van der Waals surface area contributed by atoms with Gasteiger partial charge < -0.3 is 5.73 Å². The topological polar surface area (TPSA) is 69.2 Å². The van der Waals surface area contributed by atoms with Crippen molar-refractivity contribution in [2.24, 2.45) is 0 Å². The summed E-state index contributed by atoms with van der Waals surface area (Å²) in [7, 11) is 0. The van der Waals surface area contributed by atoms with Crippen LogP contribution in [0.5, 0.6) is 0 Å². The van der Waals surface area contributed by atoms with E-state index >= 15 is 0 Å². The maximum absolute atomic E-state index is 13.0. The fourth-order valence-electron chi connectivity index (χ4n) is 1.87. The second-order valence-electron chi connectivity index (χ2n) is 4.22. The first-order valence-corrected chi connectivity index (χ1v) is 5.99. The molecule has 2 rings (SSSR count). The lowest BCUT2D eigenvalue weighted by Gasteiger charge is -2.13. The summed E-state index contributed by atoms with van der Waals surface area (Å²) in [6, 6.07) is 6.73. The Bertz CT molecular complexity index is 717. The quantitative estimate of drug-likeness (QED) is 0.503. The van der Waals surface area contributed by atoms with Crippen molar-refractivity contribution in [2.45, 2.75) is 6.18 Å². The van der Waals surface area contributed by atoms with Crippen molar-refractivity contribution >= 4 is 23.0 Å². The van der Waals surface area contributed by atoms with E-state index < -0.39 is 22.4 Å². The molecule has 2 aromatic rings. The van der Waals surface area contributed by atoms with Gasteiger partial charge in [-0.25, -0.2) is 0 Å². The zero-order valence-electron chi connectivity index (χ0n) is 10.3. The maximum atomic E-state index is 13.0. The van der Waals surface area contributed by atoms with Gasteiger partial charge in [-0.05, 0) is 29.3 Å². The Morgan fingerprint density at radius 1 is 1.14 bits per heavy atom. The lowest BCUT2D eigenvalue weighted by atomic mass is 9.98. The molecule has 0 amide bonds. The molecule has 0 spiro atoms. The SMILES string of the molecule is Nc1ccc(-c2ccc(Cl)cc2C(F)(F)F)cc1[N+](=O)[O-]. The molecule has 2 aromatic carbocycles. The highest BCUT2D eigenvalue weighted by Gasteiger charge is 2.34. The van der Waals surface area contributed by atoms with Crippen molar-refractivity contribution in [3.05, 3.63) is 57.1 Å². The number of nitrogens with zero attached hydrogens (tertiary/aromatic N) is 1. The number of anilines is 1. The minimum Gasteiger partial charge on any atom is -0.393 e. The summed E-state index contributed by atoms with van der Waals surface area (Å²) < 4.78 is 39.1. The third kappa shape index (κ3) is 3.08. The van der Waals surface area contributed by atoms with Crippen LogP contribution in [0.25, 0.3) is 11.1 Å². The van der Waals surface area contributed by atoms with Gasteiger partial charge in [-0.2, -0.15) is 13.2 Å². The third-order valence-electron chi connectivity index (χ3n) is 2.83. The van der Waals surface area contributed by atoms with Crippen molar-refractivity contribution in [1.82, 2.24) is 0 Å². The zero-order valence-corrected chi connectivity index (χ0v) is 11.1. The van der Waals surface area contributed by atoms with Gasteiger partial charge in [0.1, 0.15) is 5.69 Å². The molecule has 0 fully saturated rings. The monoisotopic (exact) mass is 316 g/mol. The van der Waals surface area contributed by atoms with Crippen LogP contribution in [0.4, 0.5) is 24.5 Å². The summed E-state index contributed by atoms with van der Waals surface area (Å²) in [5.74, 6) is 0. The van der Waals surface area contributed by atoms with Crippen LogP contribution in [-0.4, -0.2) is 4.92 Å². The maximum Gasteiger partial charge on any atom is 0.417 e. The van der Waals surface area contributed by atoms with Crippen molar-refractivity contribution < 1.29 is 18.1 Å². The van der Waals surface area contributed by atoms with Crippen molar-refractivity contribution in [1.29, 1.82) is 0 Å². The Balaban J connectivity index is 2.68. The van der Waals surface area contributed by atoms with Gasteiger partial charge in [0.05, 0.1) is 10.5 Å². The Labute approximate surface area is 122 Å². The van der Waals surface area contributed by atoms with E-state index in [1.54, 1.807) is 0 Å². The summed E-state index contributed by atoms with van der Waals surface area (Å²) in [6.07, 6.45) is -4.63. The van der Waals surface area contributed by atoms with Crippen LogP contribution in [0.15, 0.2) is 36.4 Å². The van der Waals surface area contributed by atoms with E-state index in [9.17, 15) is 23.3 Å². The lowest BCUT2D eigenvalue weighted by molar-refractivity contribution is -0.383. The lowest BCUT2D eigenvalue weighted by Crippen LogP contribution is -2.07. The first-order valence-electron chi connectivity index (χ1n) is 5.61. The molecule has 0 heterocycles. The Morgan fingerprint density at radius 2 is 1.81 bits per heavy atom. The van der Waals surface area contributed by atoms with Crippen molar-refractivity contribution in [3.8, 4) is 11.1 Å². The number of halogens is 4. The van der Waals surface area contributed by atoms with Gasteiger partial charge in [-0.1, -0.05) is 23.7 Å². The number of alkyl halides is 3. The molecule has 2 N–H and O–H groups in total. The Kier molecular flexibility index (Phi) is 3.78. The van der Waals surface area contributed by atoms with Crippen molar-refractivity contribution in [3.63, 3.8) is 0 Å². The van der Waals surface area contributed by atoms with E-state index in [0.717, 1.165) is 12.1 Å². The number of nitro groups is 1. The number of hydrogen-bond donors (Lipinski definition) is 1. The highest BCUT2D eigenvalue weighted by Crippen LogP contribution is 2.40. The van der Waals surface area contributed by atoms with E-state index in [0.29, 0.717) is 0 Å². The van der Waals surface area contributed by atoms with Crippen LogP contribution in [0, 0.1) is 10.1 Å². The standard InChI is InChI=1S/C13H8ClF3N2O2/c14-8-2-3-9(10(6-8)13(15,16)17)7-1-4-11(18)12(5-7)19(20)21/h1-6H,18H2. The molecule has 0 aromatic heterocycles. The Morgan fingerprint density at radius 3 is 2.38 bits per heavy atom. The molecular weight excluding hydrogens is 309 g/mol. The summed E-state index contributed by atoms with van der Waals surface area (Å²) in [4.78, 5) is 10.1. The van der Waals surface area contributed by atoms with Gasteiger partial charge in [-0.3, -0.25) is 10.1 Å². The molecule has 0 radical (unpaired) electrons. The number of nitro benzene ring substituents is 1. The zero-order chi connectivity index (χ0) is 15.8. The fourth-order valence-corrected chi connectivity index (χ4v) is 2.04. The molecule has 0 saturated carbocycles. The average molecular weight is 317 g/mol. The van der Waals surface area contributed by atoms with E-state index in [-0.39, 0.29) is 21.8 Å². The highest BCUT2D eigenvalue weighted by molar-refractivity contribution is 6.30. The van der Waals surface area contributed by atoms with Crippen LogP contribution in [0.2, 0.25) is 5.02 Å². The molecule has 0 atom stereocenters. The average Bonchev–Trinajstić information content (AvgIpc) is 2.38.